The lowest BCUT2D eigenvalue weighted by Gasteiger charge is -2.18. The van der Waals surface area contributed by atoms with Crippen molar-refractivity contribution in [2.24, 2.45) is 11.5 Å². The molecule has 18 heavy (non-hydrogen) atoms. The van der Waals surface area contributed by atoms with Crippen LogP contribution in [0.3, 0.4) is 0 Å². The third-order valence-corrected chi connectivity index (χ3v) is 2.53. The van der Waals surface area contributed by atoms with Gasteiger partial charge in [0.05, 0.1) is 13.2 Å². The van der Waals surface area contributed by atoms with Gasteiger partial charge in [-0.25, -0.2) is 4.79 Å². The van der Waals surface area contributed by atoms with Crippen LogP contribution >= 0.6 is 0 Å². The van der Waals surface area contributed by atoms with Crippen molar-refractivity contribution in [2.75, 3.05) is 19.8 Å². The van der Waals surface area contributed by atoms with Gasteiger partial charge in [0.25, 0.3) is 0 Å². The van der Waals surface area contributed by atoms with E-state index in [2.05, 4.69) is 0 Å². The number of carbonyl (C=O) groups is 1. The van der Waals surface area contributed by atoms with E-state index in [1.165, 1.54) is 6.92 Å². The highest BCUT2D eigenvalue weighted by molar-refractivity contribution is 5.75. The summed E-state index contributed by atoms with van der Waals surface area (Å²) in [4.78, 5) is 11.6. The second-order valence-electron chi connectivity index (χ2n) is 4.63. The molecule has 4 N–H and O–H groups in total. The van der Waals surface area contributed by atoms with E-state index in [4.69, 9.17) is 35.2 Å². The summed E-state index contributed by atoms with van der Waals surface area (Å²) in [5.41, 5.74) is 11.1. The molecule has 4 atom stereocenters. The molecular weight excluding hydrogens is 244 g/mol. The zero-order valence-corrected chi connectivity index (χ0v) is 10.4. The molecule has 0 bridgehead atoms. The van der Waals surface area contributed by atoms with Crippen molar-refractivity contribution >= 4 is 5.97 Å². The van der Waals surface area contributed by atoms with Gasteiger partial charge in [-0.1, -0.05) is 0 Å². The van der Waals surface area contributed by atoms with Crippen LogP contribution in [-0.4, -0.2) is 49.8 Å². The number of carbonyl (C=O) groups excluding carboxylic acids is 1. The summed E-state index contributed by atoms with van der Waals surface area (Å²) in [6.45, 7) is 3.50. The van der Waals surface area contributed by atoms with Crippen LogP contribution in [0.1, 0.15) is 13.8 Å². The fraction of sp³-hybridized carbons (Fsp3) is 0.900. The average Bonchev–Trinajstić information content (AvgIpc) is 2.78. The maximum Gasteiger partial charge on any atom is 0.337 e. The molecule has 0 aromatic carbocycles. The zero-order valence-electron chi connectivity index (χ0n) is 10.4. The molecule has 0 aromatic rings. The van der Waals surface area contributed by atoms with Crippen molar-refractivity contribution < 1.29 is 28.5 Å². The Kier molecular flexibility index (Phi) is 3.58. The van der Waals surface area contributed by atoms with Gasteiger partial charge in [-0.05, 0) is 0 Å². The minimum absolute atomic E-state index is 0.0484. The summed E-state index contributed by atoms with van der Waals surface area (Å²) >= 11 is 0. The predicted octanol–water partition coefficient (Wildman–Crippen LogP) is -1.37. The number of rotatable bonds is 3. The Labute approximate surface area is 104 Å². The monoisotopic (exact) mass is 262 g/mol. The van der Waals surface area contributed by atoms with Crippen LogP contribution in [0.2, 0.25) is 0 Å². The largest absolute Gasteiger partial charge is 0.461 e. The van der Waals surface area contributed by atoms with Crippen molar-refractivity contribution in [2.45, 2.75) is 37.9 Å². The van der Waals surface area contributed by atoms with Crippen LogP contribution in [0.5, 0.6) is 0 Å². The smallest absolute Gasteiger partial charge is 0.337 e. The van der Waals surface area contributed by atoms with Gasteiger partial charge < -0.3 is 23.7 Å². The van der Waals surface area contributed by atoms with E-state index in [1.54, 1.807) is 6.92 Å². The second kappa shape index (κ2) is 4.72. The molecule has 2 heterocycles. The minimum Gasteiger partial charge on any atom is -0.461 e. The highest BCUT2D eigenvalue weighted by Gasteiger charge is 2.40. The maximum absolute atomic E-state index is 11.6. The summed E-state index contributed by atoms with van der Waals surface area (Å²) in [5.74, 6) is -2.91. The van der Waals surface area contributed by atoms with Crippen LogP contribution < -0.4 is 11.5 Å². The summed E-state index contributed by atoms with van der Waals surface area (Å²) in [7, 11) is 0. The standard InChI is InChI=1S/C10H18N2O6/c1-9(11)15-4-6(17-9)3-14-8(13)7-5-16-10(2,12)18-7/h6-7H,3-5,11-12H2,1-2H3. The van der Waals surface area contributed by atoms with Gasteiger partial charge in [-0.3, -0.25) is 11.5 Å². The molecule has 0 aliphatic carbocycles. The molecule has 2 aliphatic rings. The van der Waals surface area contributed by atoms with Gasteiger partial charge >= 0.3 is 5.97 Å². The average molecular weight is 262 g/mol. The van der Waals surface area contributed by atoms with Crippen molar-refractivity contribution in [1.29, 1.82) is 0 Å². The quantitative estimate of drug-likeness (QED) is 0.598. The van der Waals surface area contributed by atoms with Gasteiger partial charge in [0.15, 0.2) is 6.10 Å². The number of esters is 1. The Bertz CT molecular complexity index is 332. The Morgan fingerprint density at radius 1 is 1.22 bits per heavy atom. The molecule has 4 unspecified atom stereocenters. The predicted molar refractivity (Wildman–Crippen MR) is 57.8 cm³/mol. The van der Waals surface area contributed by atoms with Crippen LogP contribution in [0, 0.1) is 0 Å². The normalized spacial score (nSPS) is 44.2. The van der Waals surface area contributed by atoms with E-state index < -0.39 is 23.9 Å². The van der Waals surface area contributed by atoms with Crippen molar-refractivity contribution in [1.82, 2.24) is 0 Å². The first-order valence-electron chi connectivity index (χ1n) is 5.65. The van der Waals surface area contributed by atoms with Gasteiger partial charge in [-0.15, -0.1) is 0 Å². The fourth-order valence-electron chi connectivity index (χ4n) is 1.72. The third-order valence-electron chi connectivity index (χ3n) is 2.53. The Balaban J connectivity index is 1.73. The van der Waals surface area contributed by atoms with E-state index in [0.717, 1.165) is 0 Å². The van der Waals surface area contributed by atoms with Crippen LogP contribution in [0.25, 0.3) is 0 Å². The fourth-order valence-corrected chi connectivity index (χ4v) is 1.72. The molecule has 0 radical (unpaired) electrons. The lowest BCUT2D eigenvalue weighted by atomic mass is 10.4. The number of ether oxygens (including phenoxy) is 5. The molecule has 2 saturated heterocycles. The Hall–Kier alpha value is -0.770. The van der Waals surface area contributed by atoms with Crippen molar-refractivity contribution in [3.63, 3.8) is 0 Å². The highest BCUT2D eigenvalue weighted by atomic mass is 16.8. The summed E-state index contributed by atoms with van der Waals surface area (Å²) in [6, 6.07) is 0. The molecule has 0 aromatic heterocycles. The molecule has 104 valence electrons. The molecule has 0 saturated carbocycles. The molecule has 0 spiro atoms. The third kappa shape index (κ3) is 3.37. The summed E-state index contributed by atoms with van der Waals surface area (Å²) in [5, 5.41) is 0. The van der Waals surface area contributed by atoms with Crippen molar-refractivity contribution in [3.8, 4) is 0 Å². The Morgan fingerprint density at radius 3 is 2.33 bits per heavy atom. The van der Waals surface area contributed by atoms with Gasteiger partial charge in [0.2, 0.25) is 11.8 Å². The van der Waals surface area contributed by atoms with E-state index >= 15 is 0 Å². The number of hydrogen-bond donors (Lipinski definition) is 2. The lowest BCUT2D eigenvalue weighted by Crippen LogP contribution is -2.39. The molecule has 2 aliphatic heterocycles. The molecule has 2 fully saturated rings. The SMILES string of the molecule is CC1(N)OCC(COC(=O)C2COC(C)(N)O2)O1. The van der Waals surface area contributed by atoms with Crippen molar-refractivity contribution in [3.05, 3.63) is 0 Å². The van der Waals surface area contributed by atoms with Gasteiger partial charge in [-0.2, -0.15) is 0 Å². The zero-order chi connectivity index (χ0) is 13.4. The van der Waals surface area contributed by atoms with Crippen LogP contribution in [0.4, 0.5) is 0 Å². The maximum atomic E-state index is 11.6. The first kappa shape index (κ1) is 13.7. The Morgan fingerprint density at radius 2 is 1.83 bits per heavy atom. The minimum atomic E-state index is -1.24. The van der Waals surface area contributed by atoms with Crippen LogP contribution in [0.15, 0.2) is 0 Å². The molecule has 2 rings (SSSR count). The molecule has 0 amide bonds. The first-order valence-corrected chi connectivity index (χ1v) is 5.65. The second-order valence-corrected chi connectivity index (χ2v) is 4.63. The first-order chi connectivity index (χ1) is 8.27. The van der Waals surface area contributed by atoms with E-state index in [-0.39, 0.29) is 25.9 Å². The van der Waals surface area contributed by atoms with Gasteiger partial charge in [0.1, 0.15) is 12.7 Å². The molecular formula is C10H18N2O6. The van der Waals surface area contributed by atoms with Crippen LogP contribution in [-0.2, 0) is 28.5 Å². The summed E-state index contributed by atoms with van der Waals surface area (Å²) < 4.78 is 25.7. The lowest BCUT2D eigenvalue weighted by molar-refractivity contribution is -0.179. The summed E-state index contributed by atoms with van der Waals surface area (Å²) in [6.07, 6.45) is -1.19. The van der Waals surface area contributed by atoms with Gasteiger partial charge in [0, 0.05) is 13.8 Å². The number of hydrogen-bond acceptors (Lipinski definition) is 8. The topological polar surface area (TPSA) is 115 Å². The number of nitrogens with two attached hydrogens (primary N) is 2. The highest BCUT2D eigenvalue weighted by Crippen LogP contribution is 2.20. The van der Waals surface area contributed by atoms with E-state index in [0.29, 0.717) is 0 Å². The van der Waals surface area contributed by atoms with E-state index in [1.807, 2.05) is 0 Å². The van der Waals surface area contributed by atoms with E-state index in [9.17, 15) is 4.79 Å². The molecule has 8 heteroatoms. The molecule has 8 nitrogen and oxygen atoms in total.